The monoisotopic (exact) mass is 269 g/mol. The molecular weight excluding hydrogens is 246 g/mol. The molecule has 1 aromatic rings. The summed E-state index contributed by atoms with van der Waals surface area (Å²) in [6.45, 7) is 3.33. The van der Waals surface area contributed by atoms with Gasteiger partial charge < -0.3 is 20.3 Å². The summed E-state index contributed by atoms with van der Waals surface area (Å²) in [6, 6.07) is 0.107. The molecule has 2 heterocycles. The smallest absolute Gasteiger partial charge is 0.255 e. The highest BCUT2D eigenvalue weighted by Gasteiger charge is 2.27. The van der Waals surface area contributed by atoms with Crippen LogP contribution in [0.25, 0.3) is 0 Å². The van der Waals surface area contributed by atoms with Crippen molar-refractivity contribution in [2.45, 2.75) is 25.0 Å². The minimum absolute atomic E-state index is 0.107. The van der Waals surface area contributed by atoms with E-state index in [9.17, 15) is 5.11 Å². The van der Waals surface area contributed by atoms with Crippen molar-refractivity contribution < 1.29 is 9.63 Å². The Kier molecular flexibility index (Phi) is 4.87. The molecule has 2 rings (SSSR count). The van der Waals surface area contributed by atoms with Crippen molar-refractivity contribution in [3.8, 4) is 0 Å². The van der Waals surface area contributed by atoms with E-state index in [1.165, 1.54) is 0 Å². The SMILES string of the molecule is CN1CCCN(C)C(c2noc(C(O)CCN)n2)C1. The van der Waals surface area contributed by atoms with Crippen molar-refractivity contribution >= 4 is 0 Å². The molecule has 7 nitrogen and oxygen atoms in total. The molecule has 0 amide bonds. The zero-order chi connectivity index (χ0) is 13.8. The first-order valence-electron chi connectivity index (χ1n) is 6.72. The third-order valence-electron chi connectivity index (χ3n) is 3.55. The largest absolute Gasteiger partial charge is 0.383 e. The van der Waals surface area contributed by atoms with E-state index in [1.807, 2.05) is 0 Å². The molecule has 1 saturated heterocycles. The minimum atomic E-state index is -0.764. The molecule has 0 radical (unpaired) electrons. The van der Waals surface area contributed by atoms with Gasteiger partial charge in [0.2, 0.25) is 0 Å². The molecule has 7 heteroatoms. The van der Waals surface area contributed by atoms with Crippen LogP contribution in [0.1, 0.15) is 36.7 Å². The molecule has 1 aliphatic heterocycles. The van der Waals surface area contributed by atoms with Crippen LogP contribution in [-0.4, -0.2) is 65.3 Å². The lowest BCUT2D eigenvalue weighted by molar-refractivity contribution is 0.127. The Bertz CT molecular complexity index is 397. The van der Waals surface area contributed by atoms with Gasteiger partial charge in [-0.05, 0) is 46.6 Å². The minimum Gasteiger partial charge on any atom is -0.383 e. The molecule has 0 aliphatic carbocycles. The number of hydrogen-bond acceptors (Lipinski definition) is 7. The number of rotatable bonds is 4. The van der Waals surface area contributed by atoms with Gasteiger partial charge >= 0.3 is 0 Å². The number of aliphatic hydroxyl groups excluding tert-OH is 1. The predicted octanol–water partition coefficient (Wildman–Crippen LogP) is -0.240. The van der Waals surface area contributed by atoms with Crippen molar-refractivity contribution in [3.05, 3.63) is 11.7 Å². The van der Waals surface area contributed by atoms with Crippen LogP contribution in [0.3, 0.4) is 0 Å². The van der Waals surface area contributed by atoms with Crippen molar-refractivity contribution in [2.24, 2.45) is 5.73 Å². The summed E-state index contributed by atoms with van der Waals surface area (Å²) in [6.07, 6.45) is 0.798. The molecule has 1 fully saturated rings. The van der Waals surface area contributed by atoms with Gasteiger partial charge in [-0.15, -0.1) is 0 Å². The molecular formula is C12H23N5O2. The highest BCUT2D eigenvalue weighted by atomic mass is 16.5. The number of nitrogens with zero attached hydrogens (tertiary/aromatic N) is 4. The fraction of sp³-hybridized carbons (Fsp3) is 0.833. The number of nitrogens with two attached hydrogens (primary N) is 1. The summed E-state index contributed by atoms with van der Waals surface area (Å²) in [4.78, 5) is 8.82. The zero-order valence-electron chi connectivity index (χ0n) is 11.6. The second-order valence-corrected chi connectivity index (χ2v) is 5.20. The summed E-state index contributed by atoms with van der Waals surface area (Å²) >= 11 is 0. The first-order chi connectivity index (χ1) is 9.11. The van der Waals surface area contributed by atoms with Gasteiger partial charge in [-0.3, -0.25) is 4.90 Å². The van der Waals surface area contributed by atoms with Crippen LogP contribution in [0.15, 0.2) is 4.52 Å². The maximum atomic E-state index is 9.81. The van der Waals surface area contributed by atoms with Crippen LogP contribution >= 0.6 is 0 Å². The summed E-state index contributed by atoms with van der Waals surface area (Å²) in [5, 5.41) is 13.8. The Morgan fingerprint density at radius 1 is 1.47 bits per heavy atom. The van der Waals surface area contributed by atoms with Gasteiger partial charge in [0.15, 0.2) is 5.82 Å². The van der Waals surface area contributed by atoms with E-state index >= 15 is 0 Å². The van der Waals surface area contributed by atoms with E-state index in [1.54, 1.807) is 0 Å². The molecule has 0 spiro atoms. The van der Waals surface area contributed by atoms with Crippen LogP contribution in [0.5, 0.6) is 0 Å². The van der Waals surface area contributed by atoms with Gasteiger partial charge in [0.25, 0.3) is 5.89 Å². The first kappa shape index (κ1) is 14.4. The second kappa shape index (κ2) is 6.42. The predicted molar refractivity (Wildman–Crippen MR) is 70.4 cm³/mol. The summed E-state index contributed by atoms with van der Waals surface area (Å²) in [5.74, 6) is 0.906. The van der Waals surface area contributed by atoms with Gasteiger partial charge in [-0.25, -0.2) is 0 Å². The number of hydrogen-bond donors (Lipinski definition) is 2. The maximum absolute atomic E-state index is 9.81. The average Bonchev–Trinajstić information content (AvgIpc) is 2.79. The summed E-state index contributed by atoms with van der Waals surface area (Å²) < 4.78 is 5.14. The average molecular weight is 269 g/mol. The highest BCUT2D eigenvalue weighted by molar-refractivity contribution is 4.98. The number of likely N-dealkylation sites (N-methyl/N-ethyl adjacent to an activating group) is 2. The third-order valence-corrected chi connectivity index (χ3v) is 3.55. The van der Waals surface area contributed by atoms with E-state index in [4.69, 9.17) is 10.3 Å². The van der Waals surface area contributed by atoms with Gasteiger partial charge in [0.05, 0.1) is 6.04 Å². The lowest BCUT2D eigenvalue weighted by Crippen LogP contribution is -2.31. The van der Waals surface area contributed by atoms with E-state index in [0.29, 0.717) is 18.8 Å². The maximum Gasteiger partial charge on any atom is 0.255 e. The van der Waals surface area contributed by atoms with Crippen LogP contribution in [0, 0.1) is 0 Å². The summed E-state index contributed by atoms with van der Waals surface area (Å²) in [5.41, 5.74) is 5.41. The third kappa shape index (κ3) is 3.50. The topological polar surface area (TPSA) is 91.7 Å². The van der Waals surface area contributed by atoms with Gasteiger partial charge in [0, 0.05) is 6.54 Å². The van der Waals surface area contributed by atoms with Crippen molar-refractivity contribution in [3.63, 3.8) is 0 Å². The van der Waals surface area contributed by atoms with Gasteiger partial charge in [-0.1, -0.05) is 5.16 Å². The van der Waals surface area contributed by atoms with E-state index in [0.717, 1.165) is 26.1 Å². The van der Waals surface area contributed by atoms with E-state index in [-0.39, 0.29) is 11.9 Å². The van der Waals surface area contributed by atoms with Crippen molar-refractivity contribution in [1.82, 2.24) is 19.9 Å². The van der Waals surface area contributed by atoms with E-state index < -0.39 is 6.10 Å². The standard InChI is InChI=1S/C12H23N5O2/c1-16-6-3-7-17(2)9(8-16)11-14-12(19-15-11)10(18)4-5-13/h9-10,18H,3-8,13H2,1-2H3. The number of aliphatic hydroxyl groups is 1. The lowest BCUT2D eigenvalue weighted by atomic mass is 10.2. The molecule has 2 unspecified atom stereocenters. The van der Waals surface area contributed by atoms with Crippen molar-refractivity contribution in [1.29, 1.82) is 0 Å². The van der Waals surface area contributed by atoms with Crippen LogP contribution in [-0.2, 0) is 0 Å². The van der Waals surface area contributed by atoms with Crippen LogP contribution in [0.2, 0.25) is 0 Å². The molecule has 3 N–H and O–H groups in total. The Hall–Kier alpha value is -1.02. The van der Waals surface area contributed by atoms with Crippen molar-refractivity contribution in [2.75, 3.05) is 40.3 Å². The molecule has 0 bridgehead atoms. The first-order valence-corrected chi connectivity index (χ1v) is 6.72. The molecule has 1 aliphatic rings. The highest BCUT2D eigenvalue weighted by Crippen LogP contribution is 2.22. The lowest BCUT2D eigenvalue weighted by Gasteiger charge is -2.24. The fourth-order valence-corrected chi connectivity index (χ4v) is 2.35. The molecule has 19 heavy (non-hydrogen) atoms. The molecule has 0 saturated carbocycles. The van der Waals surface area contributed by atoms with E-state index in [2.05, 4.69) is 34.0 Å². The number of aromatic nitrogens is 2. The molecule has 2 atom stereocenters. The second-order valence-electron chi connectivity index (χ2n) is 5.20. The Morgan fingerprint density at radius 3 is 3.00 bits per heavy atom. The summed E-state index contributed by atoms with van der Waals surface area (Å²) in [7, 11) is 4.16. The molecule has 108 valence electrons. The molecule has 0 aromatic carbocycles. The Morgan fingerprint density at radius 2 is 2.26 bits per heavy atom. The van der Waals surface area contributed by atoms with Gasteiger partial charge in [-0.2, -0.15) is 4.98 Å². The Balaban J connectivity index is 2.11. The normalized spacial score (nSPS) is 24.3. The zero-order valence-corrected chi connectivity index (χ0v) is 11.6. The molecule has 1 aromatic heterocycles. The Labute approximate surface area is 113 Å². The fourth-order valence-electron chi connectivity index (χ4n) is 2.35. The van der Waals surface area contributed by atoms with Gasteiger partial charge in [0.1, 0.15) is 6.10 Å². The van der Waals surface area contributed by atoms with Crippen LogP contribution in [0.4, 0.5) is 0 Å². The quantitative estimate of drug-likeness (QED) is 0.779. The van der Waals surface area contributed by atoms with Crippen LogP contribution < -0.4 is 5.73 Å².